The minimum atomic E-state index is -3.28. The molecule has 0 saturated heterocycles. The van der Waals surface area contributed by atoms with Crippen molar-refractivity contribution in [1.82, 2.24) is 4.98 Å². The van der Waals surface area contributed by atoms with Crippen LogP contribution in [0, 0.1) is 0 Å². The lowest BCUT2D eigenvalue weighted by Crippen LogP contribution is -2.24. The van der Waals surface area contributed by atoms with Crippen LogP contribution in [0.2, 0.25) is 0 Å². The molecule has 0 spiro atoms. The van der Waals surface area contributed by atoms with Gasteiger partial charge in [-0.3, -0.25) is 9.71 Å². The third-order valence-electron chi connectivity index (χ3n) is 3.68. The molecule has 1 aromatic heterocycles. The molecular weight excluding hydrogens is 284 g/mol. The Bertz CT molecular complexity index is 633. The molecule has 0 radical (unpaired) electrons. The fourth-order valence-corrected chi connectivity index (χ4v) is 3.55. The molecule has 0 bridgehead atoms. The van der Waals surface area contributed by atoms with E-state index in [1.165, 1.54) is 0 Å². The number of rotatable bonds is 3. The Morgan fingerprint density at radius 2 is 1.67 bits per heavy atom. The lowest BCUT2D eigenvalue weighted by atomic mass is 9.85. The summed E-state index contributed by atoms with van der Waals surface area (Å²) in [5, 5.41) is -0.233. The maximum atomic E-state index is 12.3. The average Bonchev–Trinajstić information content (AvgIpc) is 3.09. The summed E-state index contributed by atoms with van der Waals surface area (Å²) in [4.78, 5) is 4.55. The molecule has 21 heavy (non-hydrogen) atoms. The normalized spacial score (nSPS) is 16.9. The van der Waals surface area contributed by atoms with Crippen LogP contribution in [0.5, 0.6) is 0 Å². The van der Waals surface area contributed by atoms with Crippen LogP contribution in [0.15, 0.2) is 12.3 Å². The highest BCUT2D eigenvalue weighted by molar-refractivity contribution is 7.93. The molecule has 0 aliphatic heterocycles. The third-order valence-corrected chi connectivity index (χ3v) is 5.53. The molecule has 0 atom stereocenters. The SMILES string of the molecule is CC(C)(C)c1cnc(C(C)(C)C)c(NS(=O)(=O)C2CC2)c1. The minimum absolute atomic E-state index is 0.0663. The number of nitrogens with one attached hydrogen (secondary N) is 1. The van der Waals surface area contributed by atoms with E-state index in [1.54, 1.807) is 0 Å². The van der Waals surface area contributed by atoms with E-state index >= 15 is 0 Å². The smallest absolute Gasteiger partial charge is 0.235 e. The maximum Gasteiger partial charge on any atom is 0.235 e. The maximum absolute atomic E-state index is 12.3. The Hall–Kier alpha value is -1.10. The van der Waals surface area contributed by atoms with E-state index in [9.17, 15) is 8.42 Å². The van der Waals surface area contributed by atoms with Crippen LogP contribution < -0.4 is 4.72 Å². The average molecular weight is 310 g/mol. The van der Waals surface area contributed by atoms with Crippen molar-refractivity contribution < 1.29 is 8.42 Å². The van der Waals surface area contributed by atoms with Gasteiger partial charge >= 0.3 is 0 Å². The van der Waals surface area contributed by atoms with Gasteiger partial charge in [0.05, 0.1) is 16.6 Å². The van der Waals surface area contributed by atoms with E-state index in [0.29, 0.717) is 5.69 Å². The molecule has 1 aliphatic carbocycles. The fourth-order valence-electron chi connectivity index (χ4n) is 2.17. The quantitative estimate of drug-likeness (QED) is 0.928. The van der Waals surface area contributed by atoms with E-state index in [4.69, 9.17) is 0 Å². The lowest BCUT2D eigenvalue weighted by molar-refractivity contribution is 0.558. The number of anilines is 1. The zero-order valence-corrected chi connectivity index (χ0v) is 14.6. The number of hydrogen-bond donors (Lipinski definition) is 1. The summed E-state index contributed by atoms with van der Waals surface area (Å²) in [5.41, 5.74) is 2.17. The molecule has 0 amide bonds. The Morgan fingerprint density at radius 1 is 1.10 bits per heavy atom. The zero-order valence-electron chi connectivity index (χ0n) is 13.8. The van der Waals surface area contributed by atoms with Crippen molar-refractivity contribution in [3.8, 4) is 0 Å². The third kappa shape index (κ3) is 3.76. The summed E-state index contributed by atoms with van der Waals surface area (Å²) in [7, 11) is -3.28. The summed E-state index contributed by atoms with van der Waals surface area (Å²) >= 11 is 0. The van der Waals surface area contributed by atoms with Crippen LogP contribution in [0.1, 0.15) is 65.6 Å². The highest BCUT2D eigenvalue weighted by Gasteiger charge is 2.37. The molecule has 1 saturated carbocycles. The molecule has 1 aromatic rings. The van der Waals surface area contributed by atoms with Crippen molar-refractivity contribution in [2.24, 2.45) is 0 Å². The van der Waals surface area contributed by atoms with Gasteiger partial charge in [0.25, 0.3) is 0 Å². The molecule has 1 aliphatic rings. The van der Waals surface area contributed by atoms with Crippen LogP contribution in [0.3, 0.4) is 0 Å². The zero-order chi connectivity index (χ0) is 16.1. The van der Waals surface area contributed by atoms with Gasteiger partial charge in [-0.15, -0.1) is 0 Å². The number of pyridine rings is 1. The van der Waals surface area contributed by atoms with Crippen LogP contribution in [-0.4, -0.2) is 18.7 Å². The Morgan fingerprint density at radius 3 is 2.10 bits per heavy atom. The van der Waals surface area contributed by atoms with E-state index < -0.39 is 10.0 Å². The second-order valence-electron chi connectivity index (χ2n) is 7.97. The molecule has 5 heteroatoms. The van der Waals surface area contributed by atoms with E-state index in [1.807, 2.05) is 33.0 Å². The number of sulfonamides is 1. The van der Waals surface area contributed by atoms with Crippen molar-refractivity contribution in [2.45, 2.75) is 70.5 Å². The summed E-state index contributed by atoms with van der Waals surface area (Å²) in [5.74, 6) is 0. The highest BCUT2D eigenvalue weighted by atomic mass is 32.2. The monoisotopic (exact) mass is 310 g/mol. The van der Waals surface area contributed by atoms with Crippen molar-refractivity contribution in [1.29, 1.82) is 0 Å². The second-order valence-corrected chi connectivity index (χ2v) is 9.93. The molecular formula is C16H26N2O2S. The first kappa shape index (κ1) is 16.3. The highest BCUT2D eigenvalue weighted by Crippen LogP contribution is 2.35. The molecule has 1 N–H and O–H groups in total. The molecule has 2 rings (SSSR count). The van der Waals surface area contributed by atoms with Gasteiger partial charge in [0.1, 0.15) is 0 Å². The molecule has 1 heterocycles. The Labute approximate surface area is 128 Å². The summed E-state index contributed by atoms with van der Waals surface area (Å²) in [6.07, 6.45) is 3.37. The van der Waals surface area contributed by atoms with Gasteiger partial charge in [0.15, 0.2) is 0 Å². The number of hydrogen-bond acceptors (Lipinski definition) is 3. The topological polar surface area (TPSA) is 59.1 Å². The van der Waals surface area contributed by atoms with Crippen molar-refractivity contribution in [3.05, 3.63) is 23.5 Å². The first-order chi connectivity index (χ1) is 9.41. The molecule has 1 fully saturated rings. The van der Waals surface area contributed by atoms with Crippen LogP contribution in [0.4, 0.5) is 5.69 Å². The van der Waals surface area contributed by atoms with Gasteiger partial charge in [0.2, 0.25) is 10.0 Å². The Balaban J connectivity index is 2.48. The van der Waals surface area contributed by atoms with Crippen LogP contribution in [-0.2, 0) is 20.9 Å². The van der Waals surface area contributed by atoms with Crippen molar-refractivity contribution in [2.75, 3.05) is 4.72 Å². The lowest BCUT2D eigenvalue weighted by Gasteiger charge is -2.26. The van der Waals surface area contributed by atoms with Gasteiger partial charge in [-0.05, 0) is 29.9 Å². The van der Waals surface area contributed by atoms with Gasteiger partial charge in [-0.2, -0.15) is 0 Å². The second kappa shape index (κ2) is 4.97. The van der Waals surface area contributed by atoms with Gasteiger partial charge in [-0.1, -0.05) is 41.5 Å². The predicted octanol–water partition coefficient (Wildman–Crippen LogP) is 3.58. The van der Waals surface area contributed by atoms with Gasteiger partial charge < -0.3 is 0 Å². The van der Waals surface area contributed by atoms with E-state index in [2.05, 4.69) is 30.5 Å². The van der Waals surface area contributed by atoms with E-state index in [0.717, 1.165) is 24.1 Å². The van der Waals surface area contributed by atoms with Crippen molar-refractivity contribution in [3.63, 3.8) is 0 Å². The molecule has 4 nitrogen and oxygen atoms in total. The standard InChI is InChI=1S/C16H26N2O2S/c1-15(2,3)11-9-13(14(17-10-11)16(4,5)6)18-21(19,20)12-7-8-12/h9-10,12,18H,7-8H2,1-6H3. The first-order valence-corrected chi connectivity index (χ1v) is 8.98. The predicted molar refractivity (Wildman–Crippen MR) is 87.2 cm³/mol. The summed E-state index contributed by atoms with van der Waals surface area (Å²) in [6, 6.07) is 1.94. The number of nitrogens with zero attached hydrogens (tertiary/aromatic N) is 1. The fraction of sp³-hybridized carbons (Fsp3) is 0.688. The van der Waals surface area contributed by atoms with E-state index in [-0.39, 0.29) is 16.1 Å². The Kier molecular flexibility index (Phi) is 3.85. The molecule has 118 valence electrons. The molecule has 0 aromatic carbocycles. The number of aromatic nitrogens is 1. The van der Waals surface area contributed by atoms with Crippen LogP contribution in [0.25, 0.3) is 0 Å². The first-order valence-electron chi connectivity index (χ1n) is 7.44. The largest absolute Gasteiger partial charge is 0.281 e. The van der Waals surface area contributed by atoms with Crippen molar-refractivity contribution >= 4 is 15.7 Å². The van der Waals surface area contributed by atoms with Gasteiger partial charge in [-0.25, -0.2) is 8.42 Å². The van der Waals surface area contributed by atoms with Gasteiger partial charge in [0, 0.05) is 11.6 Å². The summed E-state index contributed by atoms with van der Waals surface area (Å²) < 4.78 is 27.3. The molecule has 0 unspecified atom stereocenters. The van der Waals surface area contributed by atoms with Crippen LogP contribution >= 0.6 is 0 Å². The minimum Gasteiger partial charge on any atom is -0.281 e. The summed E-state index contributed by atoms with van der Waals surface area (Å²) in [6.45, 7) is 12.4.